The summed E-state index contributed by atoms with van der Waals surface area (Å²) in [6.07, 6.45) is 1.82. The van der Waals surface area contributed by atoms with Gasteiger partial charge in [0.1, 0.15) is 11.8 Å². The van der Waals surface area contributed by atoms with Gasteiger partial charge in [0.05, 0.1) is 39.2 Å². The minimum Gasteiger partial charge on any atom is -0.497 e. The summed E-state index contributed by atoms with van der Waals surface area (Å²) in [6.45, 7) is 3.77. The van der Waals surface area contributed by atoms with Crippen molar-refractivity contribution in [2.24, 2.45) is 11.8 Å². The van der Waals surface area contributed by atoms with Crippen LogP contribution in [-0.4, -0.2) is 57.3 Å². The smallest absolute Gasteiger partial charge is 0.322 e. The summed E-state index contributed by atoms with van der Waals surface area (Å²) >= 11 is 0. The first-order chi connectivity index (χ1) is 13.5. The molecule has 2 heterocycles. The number of ether oxygens (including phenoxy) is 3. The van der Waals surface area contributed by atoms with Crippen molar-refractivity contribution in [2.45, 2.75) is 24.5 Å². The van der Waals surface area contributed by atoms with Crippen LogP contribution in [0.4, 0.5) is 5.69 Å². The zero-order valence-electron chi connectivity index (χ0n) is 16.1. The zero-order valence-corrected chi connectivity index (χ0v) is 16.1. The molecule has 1 amide bonds. The highest BCUT2D eigenvalue weighted by molar-refractivity contribution is 6.04. The fraction of sp³-hybridized carbons (Fsp3) is 0.450. The number of esters is 2. The van der Waals surface area contributed by atoms with E-state index in [1.54, 1.807) is 42.4 Å². The van der Waals surface area contributed by atoms with E-state index < -0.39 is 35.9 Å². The number of rotatable bonds is 6. The van der Waals surface area contributed by atoms with Gasteiger partial charge in [0.15, 0.2) is 0 Å². The molecule has 3 rings (SSSR count). The van der Waals surface area contributed by atoms with Gasteiger partial charge >= 0.3 is 11.9 Å². The molecule has 2 aliphatic heterocycles. The highest BCUT2D eigenvalue weighted by atomic mass is 16.5. The van der Waals surface area contributed by atoms with Crippen LogP contribution in [0, 0.1) is 11.8 Å². The molecule has 28 heavy (non-hydrogen) atoms. The SMILES string of the molecule is C=C[C@H]1C(=O)N(c2ccc(OC)cc2)[C@H]1[C@H]1N[C@@H](C(=O)OC)C[C@H]1C(=O)OC. The van der Waals surface area contributed by atoms with Gasteiger partial charge in [-0.1, -0.05) is 6.08 Å². The van der Waals surface area contributed by atoms with Gasteiger partial charge in [-0.3, -0.25) is 19.7 Å². The van der Waals surface area contributed by atoms with Crippen LogP contribution in [-0.2, 0) is 23.9 Å². The number of methoxy groups -OCH3 is 3. The highest BCUT2D eigenvalue weighted by Gasteiger charge is 2.57. The van der Waals surface area contributed by atoms with E-state index in [9.17, 15) is 14.4 Å². The second-order valence-electron chi connectivity index (χ2n) is 6.79. The van der Waals surface area contributed by atoms with E-state index in [-0.39, 0.29) is 18.4 Å². The lowest BCUT2D eigenvalue weighted by Crippen LogP contribution is -2.69. The lowest BCUT2D eigenvalue weighted by atomic mass is 9.77. The van der Waals surface area contributed by atoms with Crippen LogP contribution >= 0.6 is 0 Å². The summed E-state index contributed by atoms with van der Waals surface area (Å²) in [6, 6.07) is 5.59. The molecule has 0 spiro atoms. The number of hydrogen-bond acceptors (Lipinski definition) is 7. The fourth-order valence-electron chi connectivity index (χ4n) is 4.05. The fourth-order valence-corrected chi connectivity index (χ4v) is 4.05. The minimum atomic E-state index is -0.641. The molecule has 0 aromatic heterocycles. The molecule has 0 aliphatic carbocycles. The molecule has 2 fully saturated rings. The molecule has 2 aliphatic rings. The lowest BCUT2D eigenvalue weighted by molar-refractivity contribution is -0.147. The van der Waals surface area contributed by atoms with Crippen LogP contribution in [0.1, 0.15) is 6.42 Å². The predicted octanol–water partition coefficient (Wildman–Crippen LogP) is 0.905. The molecule has 1 aromatic carbocycles. The number of benzene rings is 1. The number of hydrogen-bond donors (Lipinski definition) is 1. The van der Waals surface area contributed by atoms with Crippen LogP contribution in [0.2, 0.25) is 0 Å². The molecule has 0 saturated carbocycles. The molecule has 0 radical (unpaired) electrons. The first kappa shape index (κ1) is 19.9. The largest absolute Gasteiger partial charge is 0.497 e. The summed E-state index contributed by atoms with van der Waals surface area (Å²) in [5.74, 6) is -1.38. The van der Waals surface area contributed by atoms with Gasteiger partial charge in [-0.05, 0) is 30.7 Å². The van der Waals surface area contributed by atoms with E-state index in [1.165, 1.54) is 14.2 Å². The standard InChI is InChI=1S/C20H24N2O6/c1-5-13-17(22(18(13)23)11-6-8-12(26-2)9-7-11)16-14(19(24)27-3)10-15(21-16)20(25)28-4/h5-9,13-17,21H,1,10H2,2-4H3/t13-,14-,15-,16+,17-/m1/s1. The molecular weight excluding hydrogens is 364 g/mol. The average Bonchev–Trinajstić information content (AvgIpc) is 3.16. The number of nitrogens with one attached hydrogen (secondary N) is 1. The summed E-state index contributed by atoms with van der Waals surface area (Å²) in [5, 5.41) is 3.17. The van der Waals surface area contributed by atoms with Crippen molar-refractivity contribution in [1.82, 2.24) is 5.32 Å². The third-order valence-corrected chi connectivity index (χ3v) is 5.47. The van der Waals surface area contributed by atoms with E-state index >= 15 is 0 Å². The Bertz CT molecular complexity index is 777. The lowest BCUT2D eigenvalue weighted by Gasteiger charge is -2.49. The van der Waals surface area contributed by atoms with Gasteiger partial charge in [0, 0.05) is 11.7 Å². The monoisotopic (exact) mass is 388 g/mol. The molecule has 2 saturated heterocycles. The Morgan fingerprint density at radius 3 is 2.32 bits per heavy atom. The van der Waals surface area contributed by atoms with Crippen LogP contribution < -0.4 is 15.0 Å². The normalized spacial score (nSPS) is 29.0. The summed E-state index contributed by atoms with van der Waals surface area (Å²) < 4.78 is 14.9. The third kappa shape index (κ3) is 3.24. The Hall–Kier alpha value is -2.87. The number of carbonyl (C=O) groups excluding carboxylic acids is 3. The van der Waals surface area contributed by atoms with Crippen molar-refractivity contribution in [1.29, 1.82) is 0 Å². The Morgan fingerprint density at radius 1 is 1.14 bits per heavy atom. The maximum Gasteiger partial charge on any atom is 0.322 e. The van der Waals surface area contributed by atoms with E-state index in [0.717, 1.165) is 0 Å². The Balaban J connectivity index is 1.93. The second-order valence-corrected chi connectivity index (χ2v) is 6.79. The number of amides is 1. The van der Waals surface area contributed by atoms with Gasteiger partial charge < -0.3 is 19.1 Å². The van der Waals surface area contributed by atoms with Crippen molar-refractivity contribution in [3.8, 4) is 5.75 Å². The quantitative estimate of drug-likeness (QED) is 0.440. The topological polar surface area (TPSA) is 94.2 Å². The van der Waals surface area contributed by atoms with Gasteiger partial charge in [-0.2, -0.15) is 0 Å². The van der Waals surface area contributed by atoms with Gasteiger partial charge in [0.2, 0.25) is 5.91 Å². The Labute approximate surface area is 163 Å². The Morgan fingerprint density at radius 2 is 1.79 bits per heavy atom. The number of nitrogens with zero attached hydrogens (tertiary/aromatic N) is 1. The van der Waals surface area contributed by atoms with Gasteiger partial charge in [0.25, 0.3) is 0 Å². The molecule has 150 valence electrons. The van der Waals surface area contributed by atoms with Crippen molar-refractivity contribution in [3.05, 3.63) is 36.9 Å². The molecule has 5 atom stereocenters. The first-order valence-corrected chi connectivity index (χ1v) is 8.98. The van der Waals surface area contributed by atoms with E-state index in [2.05, 4.69) is 11.9 Å². The summed E-state index contributed by atoms with van der Waals surface area (Å²) in [4.78, 5) is 38.7. The summed E-state index contributed by atoms with van der Waals surface area (Å²) in [7, 11) is 4.17. The Kier molecular flexibility index (Phi) is 5.69. The maximum absolute atomic E-state index is 12.7. The third-order valence-electron chi connectivity index (χ3n) is 5.47. The van der Waals surface area contributed by atoms with E-state index in [1.807, 2.05) is 0 Å². The molecular formula is C20H24N2O6. The number of anilines is 1. The molecule has 1 aromatic rings. The highest BCUT2D eigenvalue weighted by Crippen LogP contribution is 2.40. The number of β-lactam (4-membered cyclic amide) rings is 1. The van der Waals surface area contributed by atoms with Crippen LogP contribution in [0.5, 0.6) is 5.75 Å². The van der Waals surface area contributed by atoms with Gasteiger partial charge in [-0.15, -0.1) is 6.58 Å². The van der Waals surface area contributed by atoms with Crippen molar-refractivity contribution < 1.29 is 28.6 Å². The van der Waals surface area contributed by atoms with E-state index in [4.69, 9.17) is 14.2 Å². The van der Waals surface area contributed by atoms with Crippen LogP contribution in [0.25, 0.3) is 0 Å². The van der Waals surface area contributed by atoms with Crippen LogP contribution in [0.3, 0.4) is 0 Å². The first-order valence-electron chi connectivity index (χ1n) is 8.98. The zero-order chi connectivity index (χ0) is 20.4. The maximum atomic E-state index is 12.7. The number of carbonyl (C=O) groups is 3. The molecule has 8 nitrogen and oxygen atoms in total. The van der Waals surface area contributed by atoms with Crippen molar-refractivity contribution >= 4 is 23.5 Å². The van der Waals surface area contributed by atoms with Crippen molar-refractivity contribution in [3.63, 3.8) is 0 Å². The molecule has 1 N–H and O–H groups in total. The average molecular weight is 388 g/mol. The van der Waals surface area contributed by atoms with E-state index in [0.29, 0.717) is 11.4 Å². The van der Waals surface area contributed by atoms with Crippen LogP contribution in [0.15, 0.2) is 36.9 Å². The van der Waals surface area contributed by atoms with Gasteiger partial charge in [-0.25, -0.2) is 0 Å². The predicted molar refractivity (Wildman–Crippen MR) is 101 cm³/mol. The molecule has 0 unspecified atom stereocenters. The summed E-state index contributed by atoms with van der Waals surface area (Å²) in [5.41, 5.74) is 0.681. The second kappa shape index (κ2) is 8.02. The van der Waals surface area contributed by atoms with Crippen molar-refractivity contribution in [2.75, 3.05) is 26.2 Å². The minimum absolute atomic E-state index is 0.114. The molecule has 0 bridgehead atoms. The molecule has 8 heteroatoms.